The third kappa shape index (κ3) is 2.80. The summed E-state index contributed by atoms with van der Waals surface area (Å²) in [6.07, 6.45) is 0. The average molecular weight is 335 g/mol. The maximum Gasteiger partial charge on any atom is 0.238 e. The zero-order valence-electron chi connectivity index (χ0n) is 14.1. The highest BCUT2D eigenvalue weighted by molar-refractivity contribution is 8.22. The Morgan fingerprint density at radius 1 is 0.478 bits per heavy atom. The molecule has 3 rings (SSSR count). The van der Waals surface area contributed by atoms with Gasteiger partial charge in [0.2, 0.25) is 7.74 Å². The van der Waals surface area contributed by atoms with E-state index in [1.165, 1.54) is 15.9 Å². The lowest BCUT2D eigenvalue weighted by Crippen LogP contribution is -2.45. The topological polar surface area (TPSA) is 0 Å². The van der Waals surface area contributed by atoms with Crippen molar-refractivity contribution in [2.45, 2.75) is 19.6 Å². The lowest BCUT2D eigenvalue weighted by molar-refractivity contribution is 1.71. The summed E-state index contributed by atoms with van der Waals surface area (Å²) in [6.45, 7) is 5.97. The highest BCUT2D eigenvalue weighted by atomic mass is 31.4. The van der Waals surface area contributed by atoms with Gasteiger partial charge in [0.25, 0.3) is 0 Å². The van der Waals surface area contributed by atoms with E-state index in [4.69, 9.17) is 0 Å². The summed E-state index contributed by atoms with van der Waals surface area (Å²) >= 11 is 0. The first-order chi connectivity index (χ1) is 11.1. The first-order valence-corrected chi connectivity index (χ1v) is 14.3. The van der Waals surface area contributed by atoms with Crippen molar-refractivity contribution in [1.29, 1.82) is 0 Å². The van der Waals surface area contributed by atoms with Gasteiger partial charge in [-0.2, -0.15) is 0 Å². The summed E-state index contributed by atoms with van der Waals surface area (Å²) in [7, 11) is -1.55. The molecule has 3 aromatic rings. The Bertz CT molecular complexity index is 649. The van der Waals surface area contributed by atoms with Gasteiger partial charge < -0.3 is 0 Å². The molecule has 0 aliphatic rings. The molecule has 0 amide bonds. The van der Waals surface area contributed by atoms with E-state index in [0.717, 1.165) is 0 Å². The second-order valence-corrected chi connectivity index (χ2v) is 20.1. The van der Waals surface area contributed by atoms with Crippen molar-refractivity contribution in [3.05, 3.63) is 91.0 Å². The molecule has 0 fully saturated rings. The molecule has 0 aliphatic carbocycles. The molecule has 0 aliphatic heterocycles. The number of benzene rings is 3. The molecule has 0 atom stereocenters. The summed E-state index contributed by atoms with van der Waals surface area (Å²) in [5.41, 5.74) is 0. The minimum atomic E-state index is -1.60. The van der Waals surface area contributed by atoms with Gasteiger partial charge in [-0.05, 0) is 56.0 Å². The van der Waals surface area contributed by atoms with E-state index in [2.05, 4.69) is 111 Å². The zero-order chi connectivity index (χ0) is 16.3. The van der Waals surface area contributed by atoms with Crippen molar-refractivity contribution >= 4 is 30.5 Å². The largest absolute Gasteiger partial charge is 0.238 e. The molecule has 0 N–H and O–H groups in total. The molecular formula is C21H24PSi+. The van der Waals surface area contributed by atoms with Crippen molar-refractivity contribution in [1.82, 2.24) is 0 Å². The van der Waals surface area contributed by atoms with Crippen LogP contribution in [0.15, 0.2) is 91.0 Å². The van der Waals surface area contributed by atoms with E-state index in [0.29, 0.717) is 0 Å². The lowest BCUT2D eigenvalue weighted by atomic mass is 10.4. The van der Waals surface area contributed by atoms with Crippen LogP contribution in [0.3, 0.4) is 0 Å². The minimum Gasteiger partial charge on any atom is -0.0620 e. The second kappa shape index (κ2) is 6.43. The molecule has 0 unspecified atom stereocenters. The fourth-order valence-corrected chi connectivity index (χ4v) is 17.0. The van der Waals surface area contributed by atoms with Crippen molar-refractivity contribution in [3.8, 4) is 0 Å². The van der Waals surface area contributed by atoms with E-state index in [-0.39, 0.29) is 0 Å². The van der Waals surface area contributed by atoms with Gasteiger partial charge in [0, 0.05) is 0 Å². The summed E-state index contributed by atoms with van der Waals surface area (Å²) in [5, 5.41) is 4.53. The van der Waals surface area contributed by atoms with Crippen LogP contribution in [0.1, 0.15) is 0 Å². The highest BCUT2D eigenvalue weighted by Gasteiger charge is 2.56. The molecule has 3 aromatic carbocycles. The van der Waals surface area contributed by atoms with E-state index in [9.17, 15) is 0 Å². The SMILES string of the molecule is C[Si](C)(C)[P+](c1ccccc1)(c1ccccc1)c1ccccc1. The van der Waals surface area contributed by atoms with Crippen LogP contribution in [0.5, 0.6) is 0 Å². The van der Waals surface area contributed by atoms with Gasteiger partial charge in [0.1, 0.15) is 0 Å². The molecular weight excluding hydrogens is 311 g/mol. The average Bonchev–Trinajstić information content (AvgIpc) is 2.57. The molecule has 0 spiro atoms. The summed E-state index contributed by atoms with van der Waals surface area (Å²) < 4.78 is 0. The molecule has 0 saturated carbocycles. The van der Waals surface area contributed by atoms with E-state index < -0.39 is 14.6 Å². The molecule has 0 saturated heterocycles. The maximum absolute atomic E-state index is 2.52. The van der Waals surface area contributed by atoms with Crippen LogP contribution in [0.25, 0.3) is 0 Å². The molecule has 0 nitrogen and oxygen atoms in total. The molecule has 2 heteroatoms. The Hall–Kier alpha value is -1.69. The second-order valence-electron chi connectivity index (χ2n) is 6.85. The van der Waals surface area contributed by atoms with Crippen molar-refractivity contribution in [2.75, 3.05) is 0 Å². The fraction of sp³-hybridized carbons (Fsp3) is 0.143. The maximum atomic E-state index is 2.52. The van der Waals surface area contributed by atoms with Gasteiger partial charge in [-0.15, -0.1) is 0 Å². The van der Waals surface area contributed by atoms with Crippen LogP contribution in [0.2, 0.25) is 19.6 Å². The van der Waals surface area contributed by atoms with Crippen LogP contribution in [0, 0.1) is 0 Å². The normalized spacial score (nSPS) is 12.1. The third-order valence-electron chi connectivity index (χ3n) is 4.44. The van der Waals surface area contributed by atoms with Crippen molar-refractivity contribution < 1.29 is 0 Å². The number of rotatable bonds is 4. The monoisotopic (exact) mass is 335 g/mol. The Morgan fingerprint density at radius 3 is 0.957 bits per heavy atom. The Balaban J connectivity index is 2.41. The van der Waals surface area contributed by atoms with E-state index in [1.54, 1.807) is 0 Å². The molecule has 0 bridgehead atoms. The zero-order valence-corrected chi connectivity index (χ0v) is 16.0. The van der Waals surface area contributed by atoms with Crippen LogP contribution < -0.4 is 15.9 Å². The lowest BCUT2D eigenvalue weighted by Gasteiger charge is -2.37. The van der Waals surface area contributed by atoms with Crippen LogP contribution in [0.4, 0.5) is 0 Å². The molecule has 0 heterocycles. The quantitative estimate of drug-likeness (QED) is 0.474. The van der Waals surface area contributed by atoms with E-state index in [1.807, 2.05) is 0 Å². The van der Waals surface area contributed by atoms with Gasteiger partial charge in [0.15, 0.2) is 0 Å². The van der Waals surface area contributed by atoms with Gasteiger partial charge in [-0.1, -0.05) is 54.6 Å². The summed E-state index contributed by atoms with van der Waals surface area (Å²) in [4.78, 5) is 0. The Labute approximate surface area is 141 Å². The predicted molar refractivity (Wildman–Crippen MR) is 108 cm³/mol. The van der Waals surface area contributed by atoms with Gasteiger partial charge in [0.05, 0.1) is 22.7 Å². The van der Waals surface area contributed by atoms with Crippen LogP contribution in [-0.4, -0.2) is 7.74 Å². The highest BCUT2D eigenvalue weighted by Crippen LogP contribution is 2.63. The molecule has 0 aromatic heterocycles. The van der Waals surface area contributed by atoms with Gasteiger partial charge in [-0.3, -0.25) is 0 Å². The van der Waals surface area contributed by atoms with Crippen molar-refractivity contribution in [3.63, 3.8) is 0 Å². The fourth-order valence-electron chi connectivity index (χ4n) is 3.56. The van der Waals surface area contributed by atoms with Crippen LogP contribution in [-0.2, 0) is 0 Å². The third-order valence-corrected chi connectivity index (χ3v) is 18.0. The Kier molecular flexibility index (Phi) is 4.52. The first-order valence-electron chi connectivity index (χ1n) is 8.13. The molecule has 116 valence electrons. The van der Waals surface area contributed by atoms with Gasteiger partial charge >= 0.3 is 0 Å². The summed E-state index contributed by atoms with van der Waals surface area (Å²) in [6, 6.07) is 33.5. The number of hydrogen-bond acceptors (Lipinski definition) is 0. The van der Waals surface area contributed by atoms with Gasteiger partial charge in [-0.25, -0.2) is 0 Å². The minimum absolute atomic E-state index is 1.51. The molecule has 0 radical (unpaired) electrons. The Morgan fingerprint density at radius 2 is 0.739 bits per heavy atom. The smallest absolute Gasteiger partial charge is 0.0620 e. The first kappa shape index (κ1) is 16.2. The van der Waals surface area contributed by atoms with Crippen molar-refractivity contribution in [2.24, 2.45) is 0 Å². The summed E-state index contributed by atoms with van der Waals surface area (Å²) in [5.74, 6) is 0. The molecule has 23 heavy (non-hydrogen) atoms. The predicted octanol–water partition coefficient (Wildman–Crippen LogP) is 4.82. The van der Waals surface area contributed by atoms with E-state index >= 15 is 0 Å². The van der Waals surface area contributed by atoms with Crippen LogP contribution >= 0.6 is 6.81 Å². The number of hydrogen-bond donors (Lipinski definition) is 0. The standard InChI is InChI=1S/C21H24PSi/c1-23(2,3)22(19-13-7-4-8-14-19,20-15-9-5-10-16-20)21-17-11-6-12-18-21/h4-18H,1-3H3/q+1.